The second-order valence-electron chi connectivity index (χ2n) is 5.59. The first-order valence-electron chi connectivity index (χ1n) is 7.25. The van der Waals surface area contributed by atoms with Gasteiger partial charge in [-0.15, -0.1) is 0 Å². The smallest absolute Gasteiger partial charge is 0.329 e. The fraction of sp³-hybridized carbons (Fsp3) is 0.562. The van der Waals surface area contributed by atoms with Crippen LogP contribution < -0.4 is 10.1 Å². The average Bonchev–Trinajstić information content (AvgIpc) is 2.48. The molecule has 0 bridgehead atoms. The molecule has 4 nitrogen and oxygen atoms in total. The van der Waals surface area contributed by atoms with Gasteiger partial charge in [-0.05, 0) is 55.9 Å². The van der Waals surface area contributed by atoms with Crippen molar-refractivity contribution in [2.45, 2.75) is 44.6 Å². The van der Waals surface area contributed by atoms with Gasteiger partial charge in [0.1, 0.15) is 11.3 Å². The molecule has 0 saturated heterocycles. The Labute approximate surface area is 120 Å². The third kappa shape index (κ3) is 3.06. The molecule has 0 atom stereocenters. The van der Waals surface area contributed by atoms with Gasteiger partial charge in [0.15, 0.2) is 0 Å². The van der Waals surface area contributed by atoms with Crippen LogP contribution in [0.4, 0.5) is 5.69 Å². The van der Waals surface area contributed by atoms with Crippen molar-refractivity contribution in [1.82, 2.24) is 0 Å². The summed E-state index contributed by atoms with van der Waals surface area (Å²) in [7, 11) is 1.62. The first kappa shape index (κ1) is 14.7. The molecule has 1 aromatic rings. The normalized spacial score (nSPS) is 26.0. The minimum absolute atomic E-state index is 0.667. The lowest BCUT2D eigenvalue weighted by atomic mass is 9.75. The Bertz CT molecular complexity index is 447. The minimum Gasteiger partial charge on any atom is -0.497 e. The van der Waals surface area contributed by atoms with E-state index in [-0.39, 0.29) is 0 Å². The van der Waals surface area contributed by atoms with Crippen molar-refractivity contribution in [2.75, 3.05) is 12.4 Å². The maximum atomic E-state index is 11.7. The number of carbonyl (C=O) groups is 1. The minimum atomic E-state index is -0.819. The van der Waals surface area contributed by atoms with Gasteiger partial charge in [0.25, 0.3) is 0 Å². The highest BCUT2D eigenvalue weighted by atomic mass is 16.5. The second kappa shape index (κ2) is 6.16. The average molecular weight is 277 g/mol. The number of anilines is 1. The third-order valence-corrected chi connectivity index (χ3v) is 4.42. The zero-order valence-electron chi connectivity index (χ0n) is 12.2. The Morgan fingerprint density at radius 2 is 1.95 bits per heavy atom. The Kier molecular flexibility index (Phi) is 4.53. The monoisotopic (exact) mass is 277 g/mol. The molecule has 0 heterocycles. The molecule has 1 aliphatic carbocycles. The number of hydrogen-bond donors (Lipinski definition) is 2. The first-order chi connectivity index (χ1) is 9.59. The summed E-state index contributed by atoms with van der Waals surface area (Å²) in [6.07, 6.45) is 4.47. The molecule has 1 aromatic carbocycles. The topological polar surface area (TPSA) is 58.6 Å². The summed E-state index contributed by atoms with van der Waals surface area (Å²) in [6, 6.07) is 7.43. The largest absolute Gasteiger partial charge is 0.497 e. The quantitative estimate of drug-likeness (QED) is 0.864. The Morgan fingerprint density at radius 1 is 1.35 bits per heavy atom. The fourth-order valence-corrected chi connectivity index (χ4v) is 2.92. The molecule has 0 spiro atoms. The van der Waals surface area contributed by atoms with E-state index in [4.69, 9.17) is 4.74 Å². The van der Waals surface area contributed by atoms with Crippen LogP contribution in [0.2, 0.25) is 0 Å². The molecule has 0 amide bonds. The van der Waals surface area contributed by atoms with Crippen LogP contribution in [-0.4, -0.2) is 23.7 Å². The SMILES string of the molecule is CCC1CCC(Nc2ccc(OC)cc2)(C(=O)O)CC1. The number of hydrogen-bond acceptors (Lipinski definition) is 3. The van der Waals surface area contributed by atoms with Crippen molar-refractivity contribution in [2.24, 2.45) is 5.92 Å². The highest BCUT2D eigenvalue weighted by molar-refractivity contribution is 5.83. The fourth-order valence-electron chi connectivity index (χ4n) is 2.92. The zero-order valence-corrected chi connectivity index (χ0v) is 12.2. The van der Waals surface area contributed by atoms with Crippen molar-refractivity contribution >= 4 is 11.7 Å². The van der Waals surface area contributed by atoms with Crippen LogP contribution in [0.1, 0.15) is 39.0 Å². The predicted octanol–water partition coefficient (Wildman–Crippen LogP) is 3.53. The van der Waals surface area contributed by atoms with Crippen LogP contribution in [0.3, 0.4) is 0 Å². The van der Waals surface area contributed by atoms with E-state index in [9.17, 15) is 9.90 Å². The zero-order chi connectivity index (χ0) is 14.6. The number of aliphatic carboxylic acids is 1. The van der Waals surface area contributed by atoms with Crippen molar-refractivity contribution in [3.8, 4) is 5.75 Å². The van der Waals surface area contributed by atoms with Crippen LogP contribution >= 0.6 is 0 Å². The van der Waals surface area contributed by atoms with Crippen molar-refractivity contribution in [3.05, 3.63) is 24.3 Å². The summed E-state index contributed by atoms with van der Waals surface area (Å²) >= 11 is 0. The maximum absolute atomic E-state index is 11.7. The highest BCUT2D eigenvalue weighted by Gasteiger charge is 2.41. The molecule has 4 heteroatoms. The van der Waals surface area contributed by atoms with E-state index in [1.165, 1.54) is 0 Å². The van der Waals surface area contributed by atoms with Crippen LogP contribution in [0, 0.1) is 5.92 Å². The van der Waals surface area contributed by atoms with Gasteiger partial charge in [-0.1, -0.05) is 13.3 Å². The molecule has 20 heavy (non-hydrogen) atoms. The molecular formula is C16H23NO3. The third-order valence-electron chi connectivity index (χ3n) is 4.42. The van der Waals surface area contributed by atoms with Gasteiger partial charge >= 0.3 is 5.97 Å². The van der Waals surface area contributed by atoms with Gasteiger partial charge in [-0.25, -0.2) is 4.79 Å². The van der Waals surface area contributed by atoms with Gasteiger partial charge in [0.2, 0.25) is 0 Å². The van der Waals surface area contributed by atoms with Crippen LogP contribution in [0.5, 0.6) is 5.75 Å². The Hall–Kier alpha value is -1.71. The van der Waals surface area contributed by atoms with Crippen LogP contribution in [0.25, 0.3) is 0 Å². The summed E-state index contributed by atoms with van der Waals surface area (Å²) in [6.45, 7) is 2.18. The lowest BCUT2D eigenvalue weighted by Crippen LogP contribution is -2.49. The number of benzene rings is 1. The number of carboxylic acid groups (broad SMARTS) is 1. The van der Waals surface area contributed by atoms with E-state index < -0.39 is 11.5 Å². The Morgan fingerprint density at radius 3 is 2.40 bits per heavy atom. The molecule has 1 fully saturated rings. The van der Waals surface area contributed by atoms with Crippen molar-refractivity contribution < 1.29 is 14.6 Å². The van der Waals surface area contributed by atoms with E-state index in [1.807, 2.05) is 24.3 Å². The van der Waals surface area contributed by atoms with Gasteiger partial charge in [-0.2, -0.15) is 0 Å². The molecule has 0 aliphatic heterocycles. The maximum Gasteiger partial charge on any atom is 0.329 e. The summed E-state index contributed by atoms with van der Waals surface area (Å²) in [5.74, 6) is 0.692. The number of ether oxygens (including phenoxy) is 1. The number of nitrogens with one attached hydrogen (secondary N) is 1. The first-order valence-corrected chi connectivity index (χ1v) is 7.25. The molecule has 2 N–H and O–H groups in total. The van der Waals surface area contributed by atoms with Gasteiger partial charge < -0.3 is 15.2 Å². The standard InChI is InChI=1S/C16H23NO3/c1-3-12-8-10-16(11-9-12,15(18)19)17-13-4-6-14(20-2)7-5-13/h4-7,12,17H,3,8-11H2,1-2H3,(H,18,19). The van der Waals surface area contributed by atoms with Gasteiger partial charge in [-0.3, -0.25) is 0 Å². The van der Waals surface area contributed by atoms with E-state index in [1.54, 1.807) is 7.11 Å². The summed E-state index contributed by atoms with van der Waals surface area (Å²) in [4.78, 5) is 11.7. The molecule has 2 rings (SSSR count). The molecular weight excluding hydrogens is 254 g/mol. The summed E-state index contributed by atoms with van der Waals surface area (Å²) in [5, 5.41) is 12.9. The Balaban J connectivity index is 2.11. The van der Waals surface area contributed by atoms with E-state index in [0.717, 1.165) is 30.7 Å². The molecule has 0 aromatic heterocycles. The lowest BCUT2D eigenvalue weighted by molar-refractivity contribution is -0.143. The van der Waals surface area contributed by atoms with Crippen LogP contribution in [0.15, 0.2) is 24.3 Å². The highest BCUT2D eigenvalue weighted by Crippen LogP contribution is 2.36. The van der Waals surface area contributed by atoms with Crippen LogP contribution in [-0.2, 0) is 4.79 Å². The number of rotatable bonds is 5. The van der Waals surface area contributed by atoms with Crippen molar-refractivity contribution in [1.29, 1.82) is 0 Å². The lowest BCUT2D eigenvalue weighted by Gasteiger charge is -2.38. The van der Waals surface area contributed by atoms with E-state index in [2.05, 4.69) is 12.2 Å². The second-order valence-corrected chi connectivity index (χ2v) is 5.59. The van der Waals surface area contributed by atoms with Gasteiger partial charge in [0.05, 0.1) is 7.11 Å². The molecule has 1 aliphatic rings. The number of methoxy groups -OCH3 is 1. The number of carboxylic acids is 1. The van der Waals surface area contributed by atoms with Gasteiger partial charge in [0, 0.05) is 5.69 Å². The predicted molar refractivity (Wildman–Crippen MR) is 79.2 cm³/mol. The summed E-state index contributed by atoms with van der Waals surface area (Å²) < 4.78 is 5.12. The van der Waals surface area contributed by atoms with E-state index in [0.29, 0.717) is 18.8 Å². The van der Waals surface area contributed by atoms with E-state index >= 15 is 0 Å². The molecule has 0 unspecified atom stereocenters. The van der Waals surface area contributed by atoms with Crippen molar-refractivity contribution in [3.63, 3.8) is 0 Å². The molecule has 110 valence electrons. The molecule has 1 saturated carbocycles. The molecule has 0 radical (unpaired) electrons. The summed E-state index contributed by atoms with van der Waals surface area (Å²) in [5.41, 5.74) is 0.0171.